The maximum atomic E-state index is 5.14. The van der Waals surface area contributed by atoms with Crippen LogP contribution in [0.4, 0.5) is 5.82 Å². The van der Waals surface area contributed by atoms with Gasteiger partial charge in [-0.25, -0.2) is 9.97 Å². The summed E-state index contributed by atoms with van der Waals surface area (Å²) in [4.78, 5) is 8.45. The molecule has 0 aliphatic rings. The Morgan fingerprint density at radius 3 is 2.69 bits per heavy atom. The van der Waals surface area contributed by atoms with E-state index in [-0.39, 0.29) is 0 Å². The largest absolute Gasteiger partial charge is 0.383 e. The summed E-state index contributed by atoms with van der Waals surface area (Å²) in [6.07, 6.45) is 2.62. The van der Waals surface area contributed by atoms with E-state index in [0.29, 0.717) is 18.6 Å². The fourth-order valence-corrected chi connectivity index (χ4v) is 1.44. The molecule has 1 aromatic rings. The molecule has 0 saturated heterocycles. The number of nitrogens with zero attached hydrogens (tertiary/aromatic N) is 2. The SMILES string of the molecule is CCC(COC)Nc1cc(C(C)C)ncn1. The van der Waals surface area contributed by atoms with Gasteiger partial charge in [-0.15, -0.1) is 0 Å². The highest BCUT2D eigenvalue weighted by Crippen LogP contribution is 2.14. The molecule has 0 spiro atoms. The van der Waals surface area contributed by atoms with Crippen molar-refractivity contribution < 1.29 is 4.74 Å². The molecule has 4 heteroatoms. The minimum atomic E-state index is 0.305. The van der Waals surface area contributed by atoms with Crippen molar-refractivity contribution in [3.8, 4) is 0 Å². The van der Waals surface area contributed by atoms with Crippen molar-refractivity contribution in [2.45, 2.75) is 39.2 Å². The molecule has 0 fully saturated rings. The standard InChI is InChI=1S/C12H21N3O/c1-5-10(7-16-4)15-12-6-11(9(2)3)13-8-14-12/h6,8-10H,5,7H2,1-4H3,(H,13,14,15). The Bertz CT molecular complexity index is 315. The van der Waals surface area contributed by atoms with Crippen LogP contribution < -0.4 is 5.32 Å². The molecule has 16 heavy (non-hydrogen) atoms. The van der Waals surface area contributed by atoms with Gasteiger partial charge in [0, 0.05) is 18.9 Å². The first-order chi connectivity index (χ1) is 7.67. The van der Waals surface area contributed by atoms with E-state index in [2.05, 4.69) is 36.1 Å². The molecule has 1 aromatic heterocycles. The van der Waals surface area contributed by atoms with Gasteiger partial charge in [-0.3, -0.25) is 0 Å². The summed E-state index contributed by atoms with van der Waals surface area (Å²) in [6, 6.07) is 2.31. The third-order valence-corrected chi connectivity index (χ3v) is 2.49. The molecule has 1 unspecified atom stereocenters. The Hall–Kier alpha value is -1.16. The fourth-order valence-electron chi connectivity index (χ4n) is 1.44. The van der Waals surface area contributed by atoms with Crippen molar-refractivity contribution >= 4 is 5.82 Å². The van der Waals surface area contributed by atoms with E-state index in [1.54, 1.807) is 13.4 Å². The van der Waals surface area contributed by atoms with Crippen LogP contribution in [0.25, 0.3) is 0 Å². The number of ether oxygens (including phenoxy) is 1. The van der Waals surface area contributed by atoms with Crippen LogP contribution in [0.3, 0.4) is 0 Å². The van der Waals surface area contributed by atoms with E-state index < -0.39 is 0 Å². The van der Waals surface area contributed by atoms with Crippen LogP contribution >= 0.6 is 0 Å². The molecular formula is C12H21N3O. The van der Waals surface area contributed by atoms with Gasteiger partial charge < -0.3 is 10.1 Å². The second-order valence-corrected chi connectivity index (χ2v) is 4.19. The van der Waals surface area contributed by atoms with E-state index in [4.69, 9.17) is 4.74 Å². The number of hydrogen-bond donors (Lipinski definition) is 1. The number of methoxy groups -OCH3 is 1. The van der Waals surface area contributed by atoms with E-state index in [0.717, 1.165) is 17.9 Å². The molecule has 0 aromatic carbocycles. The van der Waals surface area contributed by atoms with Crippen LogP contribution in [-0.2, 0) is 4.74 Å². The van der Waals surface area contributed by atoms with Crippen LogP contribution in [0.1, 0.15) is 38.8 Å². The van der Waals surface area contributed by atoms with E-state index in [1.165, 1.54) is 0 Å². The van der Waals surface area contributed by atoms with Crippen LogP contribution in [0.15, 0.2) is 12.4 Å². The molecule has 0 bridgehead atoms. The van der Waals surface area contributed by atoms with Crippen molar-refractivity contribution in [3.63, 3.8) is 0 Å². The van der Waals surface area contributed by atoms with E-state index in [1.807, 2.05) is 6.07 Å². The van der Waals surface area contributed by atoms with Crippen LogP contribution in [0.5, 0.6) is 0 Å². The van der Waals surface area contributed by atoms with Crippen molar-refractivity contribution in [2.75, 3.05) is 19.0 Å². The van der Waals surface area contributed by atoms with Gasteiger partial charge in [-0.1, -0.05) is 20.8 Å². The average molecular weight is 223 g/mol. The van der Waals surface area contributed by atoms with Gasteiger partial charge in [-0.2, -0.15) is 0 Å². The fraction of sp³-hybridized carbons (Fsp3) is 0.667. The number of hydrogen-bond acceptors (Lipinski definition) is 4. The minimum absolute atomic E-state index is 0.305. The summed E-state index contributed by atoms with van der Waals surface area (Å²) in [5, 5.41) is 3.35. The second-order valence-electron chi connectivity index (χ2n) is 4.19. The number of aromatic nitrogens is 2. The first kappa shape index (κ1) is 12.9. The molecule has 1 atom stereocenters. The molecule has 0 radical (unpaired) electrons. The summed E-state index contributed by atoms with van der Waals surface area (Å²) >= 11 is 0. The topological polar surface area (TPSA) is 47.0 Å². The van der Waals surface area contributed by atoms with Crippen molar-refractivity contribution in [3.05, 3.63) is 18.1 Å². The van der Waals surface area contributed by atoms with Gasteiger partial charge in [0.2, 0.25) is 0 Å². The zero-order valence-electron chi connectivity index (χ0n) is 10.5. The first-order valence-corrected chi connectivity index (χ1v) is 5.74. The normalized spacial score (nSPS) is 12.8. The molecule has 4 nitrogen and oxygen atoms in total. The first-order valence-electron chi connectivity index (χ1n) is 5.74. The molecule has 0 aliphatic carbocycles. The molecule has 1 rings (SSSR count). The van der Waals surface area contributed by atoms with Crippen LogP contribution in [-0.4, -0.2) is 29.7 Å². The molecular weight excluding hydrogens is 202 g/mol. The van der Waals surface area contributed by atoms with E-state index >= 15 is 0 Å². The summed E-state index contributed by atoms with van der Waals surface area (Å²) in [7, 11) is 1.71. The predicted octanol–water partition coefficient (Wildman–Crippen LogP) is 2.44. The Kier molecular flexibility index (Phi) is 5.19. The summed E-state index contributed by atoms with van der Waals surface area (Å²) in [6.45, 7) is 7.07. The lowest BCUT2D eigenvalue weighted by atomic mass is 10.1. The molecule has 1 N–H and O–H groups in total. The van der Waals surface area contributed by atoms with Gasteiger partial charge >= 0.3 is 0 Å². The Morgan fingerprint density at radius 2 is 2.12 bits per heavy atom. The highest BCUT2D eigenvalue weighted by atomic mass is 16.5. The zero-order chi connectivity index (χ0) is 12.0. The van der Waals surface area contributed by atoms with Crippen LogP contribution in [0, 0.1) is 0 Å². The molecule has 0 saturated carbocycles. The number of rotatable bonds is 6. The Labute approximate surface area is 97.5 Å². The van der Waals surface area contributed by atoms with Crippen LogP contribution in [0.2, 0.25) is 0 Å². The molecule has 0 aliphatic heterocycles. The van der Waals surface area contributed by atoms with E-state index in [9.17, 15) is 0 Å². The highest BCUT2D eigenvalue weighted by molar-refractivity contribution is 5.36. The van der Waals surface area contributed by atoms with Gasteiger partial charge in [0.05, 0.1) is 12.6 Å². The lowest BCUT2D eigenvalue weighted by Crippen LogP contribution is -2.24. The quantitative estimate of drug-likeness (QED) is 0.804. The minimum Gasteiger partial charge on any atom is -0.383 e. The van der Waals surface area contributed by atoms with Gasteiger partial charge in [0.1, 0.15) is 12.1 Å². The zero-order valence-corrected chi connectivity index (χ0v) is 10.5. The summed E-state index contributed by atoms with van der Waals surface area (Å²) < 4.78 is 5.14. The molecule has 0 amide bonds. The average Bonchev–Trinajstić information content (AvgIpc) is 2.29. The Balaban J connectivity index is 2.68. The highest BCUT2D eigenvalue weighted by Gasteiger charge is 2.08. The number of anilines is 1. The lowest BCUT2D eigenvalue weighted by Gasteiger charge is -2.17. The van der Waals surface area contributed by atoms with Gasteiger partial charge in [0.25, 0.3) is 0 Å². The maximum Gasteiger partial charge on any atom is 0.129 e. The predicted molar refractivity (Wildman–Crippen MR) is 65.7 cm³/mol. The lowest BCUT2D eigenvalue weighted by molar-refractivity contribution is 0.184. The smallest absolute Gasteiger partial charge is 0.129 e. The summed E-state index contributed by atoms with van der Waals surface area (Å²) in [5.74, 6) is 1.30. The number of nitrogens with one attached hydrogen (secondary N) is 1. The molecule has 90 valence electrons. The summed E-state index contributed by atoms with van der Waals surface area (Å²) in [5.41, 5.74) is 1.06. The van der Waals surface area contributed by atoms with Crippen molar-refractivity contribution in [1.82, 2.24) is 9.97 Å². The molecule has 1 heterocycles. The van der Waals surface area contributed by atoms with Crippen molar-refractivity contribution in [2.24, 2.45) is 0 Å². The third kappa shape index (κ3) is 3.77. The Morgan fingerprint density at radius 1 is 1.38 bits per heavy atom. The monoisotopic (exact) mass is 223 g/mol. The van der Waals surface area contributed by atoms with Gasteiger partial charge in [0.15, 0.2) is 0 Å². The third-order valence-electron chi connectivity index (χ3n) is 2.49. The van der Waals surface area contributed by atoms with Gasteiger partial charge in [-0.05, 0) is 12.3 Å². The van der Waals surface area contributed by atoms with Crippen molar-refractivity contribution in [1.29, 1.82) is 0 Å². The maximum absolute atomic E-state index is 5.14. The second kappa shape index (κ2) is 6.43.